The number of urea groups is 1. The van der Waals surface area contributed by atoms with E-state index in [0.717, 1.165) is 51.4 Å². The van der Waals surface area contributed by atoms with E-state index in [4.69, 9.17) is 0 Å². The second-order valence-corrected chi connectivity index (χ2v) is 8.80. The summed E-state index contributed by atoms with van der Waals surface area (Å²) in [6.45, 7) is 2.11. The average Bonchev–Trinajstić information content (AvgIpc) is 3.27. The van der Waals surface area contributed by atoms with Crippen LogP contribution in [0.3, 0.4) is 0 Å². The number of imide groups is 2. The summed E-state index contributed by atoms with van der Waals surface area (Å²) in [7, 11) is 0. The minimum atomic E-state index is -0.624. The number of likely N-dealkylation sites (tertiary alicyclic amines) is 1. The number of nitrogens with zero attached hydrogens (tertiary/aromatic N) is 2. The van der Waals surface area contributed by atoms with Crippen LogP contribution in [0.2, 0.25) is 0 Å². The van der Waals surface area contributed by atoms with Crippen molar-refractivity contribution in [1.29, 1.82) is 0 Å². The summed E-state index contributed by atoms with van der Waals surface area (Å²) < 4.78 is -0.400. The molecule has 2 aliphatic carbocycles. The highest BCUT2D eigenvalue weighted by atomic mass is 16.5. The second-order valence-electron chi connectivity index (χ2n) is 8.80. The molecule has 1 unspecified atom stereocenters. The Bertz CT molecular complexity index is 629. The number of nitrogens with one attached hydrogen (secondary N) is 1. The predicted molar refractivity (Wildman–Crippen MR) is 99.7 cm³/mol. The van der Waals surface area contributed by atoms with E-state index in [2.05, 4.69) is 5.32 Å². The molecule has 1 heterocycles. The summed E-state index contributed by atoms with van der Waals surface area (Å²) in [5.74, 6) is -0.949. The number of hydroxylamine groups is 2. The van der Waals surface area contributed by atoms with Crippen LogP contribution in [-0.2, 0) is 14.4 Å². The predicted octanol–water partition coefficient (Wildman–Crippen LogP) is 2.20. The fourth-order valence-electron chi connectivity index (χ4n) is 4.96. The molecule has 1 aliphatic heterocycles. The molecule has 156 valence electrons. The maximum absolute atomic E-state index is 13.7. The number of hydrogen-bond donors (Lipinski definition) is 2. The lowest BCUT2D eigenvalue weighted by atomic mass is 9.91. The third kappa shape index (κ3) is 4.27. The van der Waals surface area contributed by atoms with E-state index in [1.165, 1.54) is 0 Å². The van der Waals surface area contributed by atoms with E-state index in [1.807, 2.05) is 6.92 Å². The van der Waals surface area contributed by atoms with Gasteiger partial charge in [-0.05, 0) is 32.1 Å². The first-order chi connectivity index (χ1) is 13.4. The first-order valence-electron chi connectivity index (χ1n) is 10.6. The van der Waals surface area contributed by atoms with Crippen molar-refractivity contribution >= 4 is 24.3 Å². The fourth-order valence-corrected chi connectivity index (χ4v) is 4.96. The zero-order valence-corrected chi connectivity index (χ0v) is 16.6. The number of rotatable bonds is 7. The Kier molecular flexibility index (Phi) is 6.50. The fraction of sp³-hybridized carbons (Fsp3) is 0.800. The molecule has 2 saturated carbocycles. The molecule has 1 saturated heterocycles. The third-order valence-electron chi connectivity index (χ3n) is 6.79. The van der Waals surface area contributed by atoms with Crippen LogP contribution >= 0.6 is 0 Å². The Morgan fingerprint density at radius 1 is 1.14 bits per heavy atom. The van der Waals surface area contributed by atoms with Gasteiger partial charge in [-0.15, -0.1) is 0 Å². The number of quaternary nitrogens is 1. The average molecular weight is 394 g/mol. The first kappa shape index (κ1) is 20.9. The molecule has 8 nitrogen and oxygen atoms in total. The Balaban J connectivity index is 1.82. The quantitative estimate of drug-likeness (QED) is 0.298. The van der Waals surface area contributed by atoms with Gasteiger partial charge >= 0.3 is 11.9 Å². The lowest BCUT2D eigenvalue weighted by Crippen LogP contribution is -2.65. The number of carbonyl (C=O) groups excluding carboxylic acids is 4. The standard InChI is InChI=1S/C20H31N3O5/c1-14-5-4-10-23(14,20(27)21-18(25)16-8-9-16)19(26)17(12-22(28)13-24)11-15-6-2-3-7-15/h13-17,28H,2-12H2,1H3/p+1/t14-,17-,23?/m1/s1. The SMILES string of the molecule is C[C@@H]1CCC[N+]1(C(=O)NC(=O)C1CC1)C(=O)[C@H](CC1CCCC1)CN(O)C=O. The van der Waals surface area contributed by atoms with E-state index in [0.29, 0.717) is 30.4 Å². The van der Waals surface area contributed by atoms with Crippen LogP contribution in [0.25, 0.3) is 0 Å². The first-order valence-corrected chi connectivity index (χ1v) is 10.6. The molecule has 3 aliphatic rings. The van der Waals surface area contributed by atoms with Crippen molar-refractivity contribution < 1.29 is 28.9 Å². The van der Waals surface area contributed by atoms with Crippen LogP contribution < -0.4 is 5.32 Å². The van der Waals surface area contributed by atoms with Crippen LogP contribution in [0.1, 0.15) is 64.7 Å². The van der Waals surface area contributed by atoms with E-state index in [1.54, 1.807) is 0 Å². The highest BCUT2D eigenvalue weighted by Gasteiger charge is 2.55. The number of carbonyl (C=O) groups is 4. The Labute approximate surface area is 165 Å². The molecular weight excluding hydrogens is 362 g/mol. The minimum Gasteiger partial charge on any atom is -0.286 e. The van der Waals surface area contributed by atoms with Crippen LogP contribution in [0.15, 0.2) is 0 Å². The van der Waals surface area contributed by atoms with Crippen molar-refractivity contribution in [2.75, 3.05) is 13.1 Å². The number of amides is 5. The molecule has 3 atom stereocenters. The molecule has 0 aromatic heterocycles. The largest absolute Gasteiger partial charge is 0.430 e. The topological polar surface area (TPSA) is 104 Å². The van der Waals surface area contributed by atoms with E-state index >= 15 is 0 Å². The van der Waals surface area contributed by atoms with Crippen molar-refractivity contribution in [2.45, 2.75) is 70.8 Å². The van der Waals surface area contributed by atoms with Gasteiger partial charge in [0.2, 0.25) is 12.3 Å². The Hall–Kier alpha value is -1.80. The normalized spacial score (nSPS) is 28.7. The third-order valence-corrected chi connectivity index (χ3v) is 6.79. The molecule has 8 heteroatoms. The van der Waals surface area contributed by atoms with Gasteiger partial charge < -0.3 is 0 Å². The van der Waals surface area contributed by atoms with Crippen LogP contribution in [0.4, 0.5) is 4.79 Å². The Morgan fingerprint density at radius 2 is 1.82 bits per heavy atom. The molecule has 0 radical (unpaired) electrons. The minimum absolute atomic E-state index is 0.116. The van der Waals surface area contributed by atoms with Crippen molar-refractivity contribution in [3.63, 3.8) is 0 Å². The van der Waals surface area contributed by atoms with Gasteiger partial charge in [-0.3, -0.25) is 14.8 Å². The lowest BCUT2D eigenvalue weighted by molar-refractivity contribution is -0.786. The van der Waals surface area contributed by atoms with Gasteiger partial charge in [0, 0.05) is 18.8 Å². The number of hydrogen-bond acceptors (Lipinski definition) is 5. The molecule has 28 heavy (non-hydrogen) atoms. The van der Waals surface area contributed by atoms with Crippen molar-refractivity contribution in [2.24, 2.45) is 17.8 Å². The summed E-state index contributed by atoms with van der Waals surface area (Å²) in [6, 6.07) is -0.770. The smallest absolute Gasteiger partial charge is 0.286 e. The van der Waals surface area contributed by atoms with E-state index in [9.17, 15) is 24.4 Å². The molecule has 0 aromatic rings. The van der Waals surface area contributed by atoms with Crippen LogP contribution in [-0.4, -0.2) is 58.1 Å². The molecule has 2 N–H and O–H groups in total. The Morgan fingerprint density at radius 3 is 2.36 bits per heavy atom. The summed E-state index contributed by atoms with van der Waals surface area (Å²) >= 11 is 0. The summed E-state index contributed by atoms with van der Waals surface area (Å²) in [4.78, 5) is 49.9. The molecule has 0 spiro atoms. The highest BCUT2D eigenvalue weighted by Crippen LogP contribution is 2.36. The van der Waals surface area contributed by atoms with Crippen LogP contribution in [0.5, 0.6) is 0 Å². The van der Waals surface area contributed by atoms with Gasteiger partial charge in [-0.25, -0.2) is 20.0 Å². The van der Waals surface area contributed by atoms with Gasteiger partial charge in [0.1, 0.15) is 6.04 Å². The van der Waals surface area contributed by atoms with Gasteiger partial charge in [-0.1, -0.05) is 25.7 Å². The van der Waals surface area contributed by atoms with E-state index < -0.39 is 16.4 Å². The molecular formula is C20H32N3O5+. The van der Waals surface area contributed by atoms with Crippen molar-refractivity contribution in [3.05, 3.63) is 0 Å². The maximum Gasteiger partial charge on any atom is 0.430 e. The van der Waals surface area contributed by atoms with Gasteiger partial charge in [-0.2, -0.15) is 4.48 Å². The maximum atomic E-state index is 13.7. The second kappa shape index (κ2) is 8.69. The van der Waals surface area contributed by atoms with Crippen LogP contribution in [0, 0.1) is 17.8 Å². The molecule has 3 fully saturated rings. The zero-order chi connectivity index (χ0) is 20.3. The monoisotopic (exact) mass is 394 g/mol. The zero-order valence-electron chi connectivity index (χ0n) is 16.6. The molecule has 5 amide bonds. The summed E-state index contributed by atoms with van der Waals surface area (Å²) in [6.07, 6.45) is 8.16. The van der Waals surface area contributed by atoms with E-state index in [-0.39, 0.29) is 30.3 Å². The molecule has 0 bridgehead atoms. The molecule has 0 aromatic carbocycles. The van der Waals surface area contributed by atoms with Gasteiger partial charge in [0.05, 0.1) is 19.0 Å². The highest BCUT2D eigenvalue weighted by molar-refractivity contribution is 5.97. The van der Waals surface area contributed by atoms with Gasteiger partial charge in [0.25, 0.3) is 0 Å². The lowest BCUT2D eigenvalue weighted by Gasteiger charge is -2.36. The summed E-state index contributed by atoms with van der Waals surface area (Å²) in [5, 5.41) is 12.7. The molecule has 3 rings (SSSR count). The van der Waals surface area contributed by atoms with Crippen molar-refractivity contribution in [1.82, 2.24) is 10.4 Å². The van der Waals surface area contributed by atoms with Crippen molar-refractivity contribution in [3.8, 4) is 0 Å². The van der Waals surface area contributed by atoms with Gasteiger partial charge in [0.15, 0.2) is 0 Å². The summed E-state index contributed by atoms with van der Waals surface area (Å²) in [5.41, 5.74) is 0.